The Bertz CT molecular complexity index is 1150. The zero-order chi connectivity index (χ0) is 23.1. The first-order valence-electron chi connectivity index (χ1n) is 12.0. The third kappa shape index (κ3) is 4.35. The van der Waals surface area contributed by atoms with E-state index in [0.29, 0.717) is 13.1 Å². The van der Waals surface area contributed by atoms with Crippen molar-refractivity contribution in [1.29, 1.82) is 0 Å². The van der Waals surface area contributed by atoms with E-state index in [2.05, 4.69) is 25.7 Å². The molecule has 1 fully saturated rings. The Morgan fingerprint density at radius 2 is 1.85 bits per heavy atom. The van der Waals surface area contributed by atoms with Crippen molar-refractivity contribution < 1.29 is 4.79 Å². The van der Waals surface area contributed by atoms with Crippen molar-refractivity contribution in [3.8, 4) is 0 Å². The maximum atomic E-state index is 13.0. The van der Waals surface area contributed by atoms with Crippen molar-refractivity contribution in [1.82, 2.24) is 14.9 Å². The summed E-state index contributed by atoms with van der Waals surface area (Å²) in [4.78, 5) is 29.9. The van der Waals surface area contributed by atoms with Crippen molar-refractivity contribution in [2.24, 2.45) is 5.92 Å². The van der Waals surface area contributed by atoms with Crippen molar-refractivity contribution in [2.45, 2.75) is 51.3 Å². The minimum Gasteiger partial charge on any atom is -0.352 e. The number of amides is 1. The molecule has 1 saturated heterocycles. The zero-order valence-electron chi connectivity index (χ0n) is 19.6. The van der Waals surface area contributed by atoms with Crippen LogP contribution in [0.4, 0.5) is 5.82 Å². The van der Waals surface area contributed by atoms with E-state index in [4.69, 9.17) is 21.6 Å². The number of benzene rings is 1. The molecule has 1 aliphatic heterocycles. The van der Waals surface area contributed by atoms with Crippen LogP contribution in [0.15, 0.2) is 30.3 Å². The molecule has 0 spiro atoms. The van der Waals surface area contributed by atoms with Crippen LogP contribution >= 0.6 is 22.9 Å². The number of rotatable bonds is 4. The van der Waals surface area contributed by atoms with E-state index in [1.54, 1.807) is 0 Å². The first kappa shape index (κ1) is 22.6. The second-order valence-corrected chi connectivity index (χ2v) is 11.2. The summed E-state index contributed by atoms with van der Waals surface area (Å²) < 4.78 is 0. The van der Waals surface area contributed by atoms with Gasteiger partial charge in [-0.25, -0.2) is 9.97 Å². The van der Waals surface area contributed by atoms with E-state index in [-0.39, 0.29) is 11.8 Å². The smallest absolute Gasteiger partial charge is 0.245 e. The summed E-state index contributed by atoms with van der Waals surface area (Å²) in [6.45, 7) is 9.48. The maximum Gasteiger partial charge on any atom is 0.245 e. The molecule has 1 aromatic carbocycles. The van der Waals surface area contributed by atoms with Crippen LogP contribution in [0.1, 0.15) is 60.3 Å². The Balaban J connectivity index is 1.40. The monoisotopic (exact) mass is 482 g/mol. The van der Waals surface area contributed by atoms with Gasteiger partial charge in [-0.05, 0) is 36.3 Å². The fourth-order valence-electron chi connectivity index (χ4n) is 4.89. The van der Waals surface area contributed by atoms with Gasteiger partial charge >= 0.3 is 0 Å². The highest BCUT2D eigenvalue weighted by atomic mass is 35.5. The Hall–Kier alpha value is -2.18. The lowest BCUT2D eigenvalue weighted by Gasteiger charge is -2.37. The molecule has 0 unspecified atom stereocenters. The molecule has 2 aliphatic rings. The van der Waals surface area contributed by atoms with Gasteiger partial charge in [0.2, 0.25) is 5.91 Å². The molecule has 0 saturated carbocycles. The number of hydrogen-bond donors (Lipinski definition) is 0. The lowest BCUT2D eigenvalue weighted by Crippen LogP contribution is -2.50. The molecule has 33 heavy (non-hydrogen) atoms. The molecular weight excluding hydrogens is 452 g/mol. The highest BCUT2D eigenvalue weighted by Gasteiger charge is 2.31. The number of nitrogens with zero attached hydrogens (tertiary/aromatic N) is 4. The zero-order valence-corrected chi connectivity index (χ0v) is 21.1. The Morgan fingerprint density at radius 1 is 1.12 bits per heavy atom. The number of aryl methyl sites for hydroxylation is 1. The van der Waals surface area contributed by atoms with Crippen LogP contribution in [0.3, 0.4) is 0 Å². The fraction of sp³-hybridized carbons (Fsp3) is 0.500. The molecule has 3 heterocycles. The largest absolute Gasteiger partial charge is 0.352 e. The van der Waals surface area contributed by atoms with Crippen molar-refractivity contribution in [3.05, 3.63) is 52.2 Å². The molecule has 7 heteroatoms. The average molecular weight is 483 g/mol. The summed E-state index contributed by atoms with van der Waals surface area (Å²) in [5.41, 5.74) is 2.31. The quantitative estimate of drug-likeness (QED) is 0.456. The van der Waals surface area contributed by atoms with Crippen LogP contribution in [0, 0.1) is 5.92 Å². The molecule has 0 N–H and O–H groups in total. The van der Waals surface area contributed by atoms with Crippen LogP contribution in [0.25, 0.3) is 10.2 Å². The molecule has 3 aromatic rings. The minimum absolute atomic E-state index is 0.0138. The van der Waals surface area contributed by atoms with Gasteiger partial charge in [-0.15, -0.1) is 22.9 Å². The standard InChI is InChI=1S/C26H31ClN4OS/c1-16(2)23-28-24(21-19-10-9-17(3)15-20(19)33-25(21)29-23)30-11-13-31(14-12-30)26(32)22(27)18-7-5-4-6-8-18/h4-8,16-17,22H,9-15H2,1-3H3/t17-,22-/m0/s1. The van der Waals surface area contributed by atoms with Gasteiger partial charge < -0.3 is 9.80 Å². The Kier molecular flexibility index (Phi) is 6.32. The van der Waals surface area contributed by atoms with Gasteiger partial charge in [0.1, 0.15) is 21.8 Å². The second-order valence-electron chi connectivity index (χ2n) is 9.68. The van der Waals surface area contributed by atoms with E-state index < -0.39 is 5.38 Å². The summed E-state index contributed by atoms with van der Waals surface area (Å²) in [5, 5.41) is 0.618. The van der Waals surface area contributed by atoms with Gasteiger partial charge in [-0.3, -0.25) is 4.79 Å². The number of fused-ring (bicyclic) bond motifs is 3. The third-order valence-corrected chi connectivity index (χ3v) is 8.46. The van der Waals surface area contributed by atoms with Gasteiger partial charge in [0.25, 0.3) is 0 Å². The van der Waals surface area contributed by atoms with Crippen LogP contribution in [0.2, 0.25) is 0 Å². The number of anilines is 1. The van der Waals surface area contributed by atoms with Crippen LogP contribution < -0.4 is 4.90 Å². The summed E-state index contributed by atoms with van der Waals surface area (Å²) in [5.74, 6) is 2.96. The van der Waals surface area contributed by atoms with Crippen LogP contribution in [-0.4, -0.2) is 47.0 Å². The minimum atomic E-state index is -0.637. The molecule has 0 bridgehead atoms. The number of halogens is 1. The second kappa shape index (κ2) is 9.22. The number of carbonyl (C=O) groups excluding carboxylic acids is 1. The molecule has 5 rings (SSSR count). The van der Waals surface area contributed by atoms with E-state index in [9.17, 15) is 4.79 Å². The molecule has 2 atom stereocenters. The van der Waals surface area contributed by atoms with Gasteiger partial charge in [0, 0.05) is 37.0 Å². The molecule has 5 nitrogen and oxygen atoms in total. The number of thiophene rings is 1. The van der Waals surface area contributed by atoms with Gasteiger partial charge in [-0.1, -0.05) is 51.1 Å². The van der Waals surface area contributed by atoms with E-state index in [0.717, 1.165) is 53.9 Å². The van der Waals surface area contributed by atoms with Crippen molar-refractivity contribution in [2.75, 3.05) is 31.1 Å². The van der Waals surface area contributed by atoms with E-state index in [1.807, 2.05) is 46.6 Å². The fourth-order valence-corrected chi connectivity index (χ4v) is 6.56. The van der Waals surface area contributed by atoms with Crippen LogP contribution in [-0.2, 0) is 17.6 Å². The van der Waals surface area contributed by atoms with Crippen molar-refractivity contribution in [3.63, 3.8) is 0 Å². The van der Waals surface area contributed by atoms with Gasteiger partial charge in [0.15, 0.2) is 0 Å². The highest BCUT2D eigenvalue weighted by Crippen LogP contribution is 2.41. The highest BCUT2D eigenvalue weighted by molar-refractivity contribution is 7.19. The molecule has 1 amide bonds. The molecular formula is C26H31ClN4OS. The average Bonchev–Trinajstić information content (AvgIpc) is 3.20. The third-order valence-electron chi connectivity index (χ3n) is 6.87. The van der Waals surface area contributed by atoms with Gasteiger partial charge in [0.05, 0.1) is 5.39 Å². The summed E-state index contributed by atoms with van der Waals surface area (Å²) >= 11 is 8.39. The van der Waals surface area contributed by atoms with E-state index in [1.165, 1.54) is 22.2 Å². The first-order valence-corrected chi connectivity index (χ1v) is 13.2. The predicted octanol–water partition coefficient (Wildman–Crippen LogP) is 5.57. The van der Waals surface area contributed by atoms with Gasteiger partial charge in [-0.2, -0.15) is 0 Å². The summed E-state index contributed by atoms with van der Waals surface area (Å²) in [6, 6.07) is 9.61. The van der Waals surface area contributed by atoms with Crippen LogP contribution in [0.5, 0.6) is 0 Å². The number of alkyl halides is 1. The number of aromatic nitrogens is 2. The lowest BCUT2D eigenvalue weighted by molar-refractivity contribution is -0.131. The molecule has 1 aliphatic carbocycles. The normalized spacial score (nSPS) is 19.7. The SMILES string of the molecule is CC(C)c1nc(N2CCN(C(=O)[C@@H](Cl)c3ccccc3)CC2)c2c3c(sc2n1)C[C@@H](C)CC3. The first-order chi connectivity index (χ1) is 15.9. The van der Waals surface area contributed by atoms with Crippen molar-refractivity contribution >= 4 is 44.9 Å². The summed E-state index contributed by atoms with van der Waals surface area (Å²) in [7, 11) is 0. The molecule has 2 aromatic heterocycles. The summed E-state index contributed by atoms with van der Waals surface area (Å²) in [6.07, 6.45) is 3.48. The maximum absolute atomic E-state index is 13.0. The number of carbonyl (C=O) groups is 1. The number of piperazine rings is 1. The predicted molar refractivity (Wildman–Crippen MR) is 137 cm³/mol. The Labute approximate surface area is 204 Å². The van der Waals surface area contributed by atoms with E-state index >= 15 is 0 Å². The number of hydrogen-bond acceptors (Lipinski definition) is 5. The molecule has 174 valence electrons. The lowest BCUT2D eigenvalue weighted by atomic mass is 9.89. The molecule has 0 radical (unpaired) electrons. The Morgan fingerprint density at radius 3 is 2.55 bits per heavy atom. The topological polar surface area (TPSA) is 49.3 Å².